The summed E-state index contributed by atoms with van der Waals surface area (Å²) in [5.74, 6) is 0.882. The zero-order chi connectivity index (χ0) is 17.6. The maximum absolute atomic E-state index is 11.6. The third-order valence-corrected chi connectivity index (χ3v) is 4.62. The molecule has 6 heteroatoms. The van der Waals surface area contributed by atoms with Gasteiger partial charge in [-0.3, -0.25) is 9.69 Å². The van der Waals surface area contributed by atoms with Crippen molar-refractivity contribution in [2.75, 3.05) is 32.8 Å². The first-order valence-corrected chi connectivity index (χ1v) is 8.83. The van der Waals surface area contributed by atoms with Crippen LogP contribution in [0.3, 0.4) is 0 Å². The molecule has 0 aliphatic carbocycles. The van der Waals surface area contributed by atoms with E-state index < -0.39 is 5.60 Å². The van der Waals surface area contributed by atoms with Gasteiger partial charge in [0.1, 0.15) is 18.0 Å². The Balaban J connectivity index is 2.06. The monoisotopic (exact) mass is 354 g/mol. The highest BCUT2D eigenvalue weighted by Gasteiger charge is 2.39. The molecule has 1 amide bonds. The lowest BCUT2D eigenvalue weighted by Crippen LogP contribution is -2.57. The van der Waals surface area contributed by atoms with Gasteiger partial charge in [-0.1, -0.05) is 37.9 Å². The third kappa shape index (κ3) is 5.65. The van der Waals surface area contributed by atoms with Crippen molar-refractivity contribution >= 4 is 17.5 Å². The third-order valence-electron chi connectivity index (χ3n) is 4.39. The molecule has 2 atom stereocenters. The number of carbonyl (C=O) groups excluding carboxylic acids is 1. The van der Waals surface area contributed by atoms with E-state index in [0.29, 0.717) is 29.8 Å². The Morgan fingerprint density at radius 1 is 1.54 bits per heavy atom. The average molecular weight is 355 g/mol. The van der Waals surface area contributed by atoms with E-state index in [-0.39, 0.29) is 18.9 Å². The quantitative estimate of drug-likeness (QED) is 0.779. The molecule has 1 saturated heterocycles. The van der Waals surface area contributed by atoms with Gasteiger partial charge in [0.25, 0.3) is 0 Å². The Morgan fingerprint density at radius 2 is 2.33 bits per heavy atom. The molecule has 1 aliphatic heterocycles. The molecule has 1 aromatic rings. The summed E-state index contributed by atoms with van der Waals surface area (Å²) in [4.78, 5) is 13.9. The molecule has 2 N–H and O–H groups in total. The highest BCUT2D eigenvalue weighted by Crippen LogP contribution is 2.26. The Bertz CT molecular complexity index is 555. The van der Waals surface area contributed by atoms with Crippen LogP contribution in [0.2, 0.25) is 5.02 Å². The van der Waals surface area contributed by atoms with Crippen molar-refractivity contribution in [1.29, 1.82) is 0 Å². The molecule has 0 radical (unpaired) electrons. The van der Waals surface area contributed by atoms with E-state index in [9.17, 15) is 4.79 Å². The average Bonchev–Trinajstić information content (AvgIpc) is 2.52. The second kappa shape index (κ2) is 8.70. The minimum Gasteiger partial charge on any atom is -0.490 e. The zero-order valence-electron chi connectivity index (χ0n) is 14.5. The van der Waals surface area contributed by atoms with Crippen LogP contribution in [-0.2, 0) is 9.53 Å². The number of nitrogens with two attached hydrogens (primary N) is 1. The molecule has 1 fully saturated rings. The molecule has 0 bridgehead atoms. The largest absolute Gasteiger partial charge is 0.490 e. The van der Waals surface area contributed by atoms with Gasteiger partial charge < -0.3 is 15.2 Å². The van der Waals surface area contributed by atoms with Crippen molar-refractivity contribution in [3.63, 3.8) is 0 Å². The lowest BCUT2D eigenvalue weighted by atomic mass is 9.96. The summed E-state index contributed by atoms with van der Waals surface area (Å²) in [5.41, 5.74) is 4.75. The van der Waals surface area contributed by atoms with Crippen molar-refractivity contribution in [3.05, 3.63) is 29.3 Å². The summed E-state index contributed by atoms with van der Waals surface area (Å²) in [5, 5.41) is 0.611. The van der Waals surface area contributed by atoms with Gasteiger partial charge in [0.15, 0.2) is 0 Å². The SMILES string of the molecule is CC[C@@H](C)CN1CCO[C@](COc2cccc(Cl)c2)(CC(N)=O)C1. The van der Waals surface area contributed by atoms with E-state index in [1.54, 1.807) is 12.1 Å². The highest BCUT2D eigenvalue weighted by atomic mass is 35.5. The van der Waals surface area contributed by atoms with E-state index in [2.05, 4.69) is 18.7 Å². The van der Waals surface area contributed by atoms with Crippen LogP contribution in [0.5, 0.6) is 5.75 Å². The maximum atomic E-state index is 11.6. The minimum absolute atomic E-state index is 0.143. The molecule has 0 unspecified atom stereocenters. The van der Waals surface area contributed by atoms with E-state index in [4.69, 9.17) is 26.8 Å². The number of benzene rings is 1. The molecular formula is C18H27ClN2O3. The lowest BCUT2D eigenvalue weighted by molar-refractivity contribution is -0.148. The number of nitrogens with zero attached hydrogens (tertiary/aromatic N) is 1. The van der Waals surface area contributed by atoms with Crippen LogP contribution >= 0.6 is 11.6 Å². The van der Waals surface area contributed by atoms with Gasteiger partial charge in [-0.2, -0.15) is 0 Å². The van der Waals surface area contributed by atoms with Gasteiger partial charge in [0, 0.05) is 24.7 Å². The predicted octanol–water partition coefficient (Wildman–Crippen LogP) is 2.71. The van der Waals surface area contributed by atoms with Crippen molar-refractivity contribution in [2.45, 2.75) is 32.3 Å². The van der Waals surface area contributed by atoms with Gasteiger partial charge in [0.2, 0.25) is 5.91 Å². The number of hydrogen-bond donors (Lipinski definition) is 1. The summed E-state index contributed by atoms with van der Waals surface area (Å²) in [6.45, 7) is 7.74. The molecule has 134 valence electrons. The van der Waals surface area contributed by atoms with Crippen molar-refractivity contribution in [3.8, 4) is 5.75 Å². The van der Waals surface area contributed by atoms with Crippen molar-refractivity contribution in [1.82, 2.24) is 4.90 Å². The minimum atomic E-state index is -0.708. The first-order chi connectivity index (χ1) is 11.4. The molecule has 24 heavy (non-hydrogen) atoms. The molecule has 2 rings (SSSR count). The summed E-state index contributed by atoms with van der Waals surface area (Å²) in [6.07, 6.45) is 1.27. The van der Waals surface area contributed by atoms with Gasteiger partial charge >= 0.3 is 0 Å². The van der Waals surface area contributed by atoms with E-state index in [1.165, 1.54) is 0 Å². The number of morpholine rings is 1. The lowest BCUT2D eigenvalue weighted by Gasteiger charge is -2.42. The fraction of sp³-hybridized carbons (Fsp3) is 0.611. The number of primary amides is 1. The molecule has 0 spiro atoms. The van der Waals surface area contributed by atoms with Crippen LogP contribution in [0, 0.1) is 5.92 Å². The molecule has 5 nitrogen and oxygen atoms in total. The molecule has 1 aromatic carbocycles. The maximum Gasteiger partial charge on any atom is 0.220 e. The Kier molecular flexibility index (Phi) is 6.90. The predicted molar refractivity (Wildman–Crippen MR) is 95.3 cm³/mol. The highest BCUT2D eigenvalue weighted by molar-refractivity contribution is 6.30. The van der Waals surface area contributed by atoms with Gasteiger partial charge in [0.05, 0.1) is 13.0 Å². The smallest absolute Gasteiger partial charge is 0.220 e. The first kappa shape index (κ1) is 19.0. The van der Waals surface area contributed by atoms with Gasteiger partial charge in [-0.25, -0.2) is 0 Å². The number of carbonyl (C=O) groups is 1. The fourth-order valence-electron chi connectivity index (χ4n) is 2.98. The van der Waals surface area contributed by atoms with Crippen LogP contribution in [-0.4, -0.2) is 49.3 Å². The summed E-state index contributed by atoms with van der Waals surface area (Å²) >= 11 is 5.99. The van der Waals surface area contributed by atoms with E-state index >= 15 is 0 Å². The number of halogens is 1. The summed E-state index contributed by atoms with van der Waals surface area (Å²) in [6, 6.07) is 7.21. The topological polar surface area (TPSA) is 64.8 Å². The van der Waals surface area contributed by atoms with Crippen LogP contribution in [0.1, 0.15) is 26.7 Å². The Hall–Kier alpha value is -1.30. The van der Waals surface area contributed by atoms with E-state index in [0.717, 1.165) is 19.5 Å². The first-order valence-electron chi connectivity index (χ1n) is 8.45. The normalized spacial score (nSPS) is 23.0. The second-order valence-corrected chi connectivity index (χ2v) is 7.11. The Morgan fingerprint density at radius 3 is 3.00 bits per heavy atom. The van der Waals surface area contributed by atoms with E-state index in [1.807, 2.05) is 12.1 Å². The molecular weight excluding hydrogens is 328 g/mol. The standard InChI is InChI=1S/C18H27ClN2O3/c1-3-14(2)11-21-7-8-24-18(12-21,10-17(20)22)13-23-16-6-4-5-15(19)9-16/h4-6,9,14H,3,7-8,10-13H2,1-2H3,(H2,20,22)/t14-,18-/m1/s1. The second-order valence-electron chi connectivity index (χ2n) is 6.67. The molecule has 0 aromatic heterocycles. The van der Waals surface area contributed by atoms with Gasteiger partial charge in [-0.15, -0.1) is 0 Å². The zero-order valence-corrected chi connectivity index (χ0v) is 15.2. The Labute approximate surface area is 149 Å². The van der Waals surface area contributed by atoms with Crippen molar-refractivity contribution in [2.24, 2.45) is 11.7 Å². The number of hydrogen-bond acceptors (Lipinski definition) is 4. The van der Waals surface area contributed by atoms with Crippen LogP contribution in [0.25, 0.3) is 0 Å². The number of amides is 1. The van der Waals surface area contributed by atoms with Gasteiger partial charge in [-0.05, 0) is 24.1 Å². The molecule has 1 aliphatic rings. The van der Waals surface area contributed by atoms with Crippen LogP contribution in [0.4, 0.5) is 0 Å². The number of rotatable bonds is 8. The van der Waals surface area contributed by atoms with Crippen LogP contribution in [0.15, 0.2) is 24.3 Å². The summed E-state index contributed by atoms with van der Waals surface area (Å²) in [7, 11) is 0. The molecule has 1 heterocycles. The number of ether oxygens (including phenoxy) is 2. The fourth-order valence-corrected chi connectivity index (χ4v) is 3.16. The summed E-state index contributed by atoms with van der Waals surface area (Å²) < 4.78 is 11.8. The van der Waals surface area contributed by atoms with Crippen molar-refractivity contribution < 1.29 is 14.3 Å². The van der Waals surface area contributed by atoms with Crippen LogP contribution < -0.4 is 10.5 Å². The molecule has 0 saturated carbocycles.